The van der Waals surface area contributed by atoms with Crippen LogP contribution in [-0.4, -0.2) is 47.2 Å². The van der Waals surface area contributed by atoms with Crippen molar-refractivity contribution in [3.63, 3.8) is 0 Å². The molecule has 2 heterocycles. The molecular formula is C16H19N3O3S2. The van der Waals surface area contributed by atoms with Crippen molar-refractivity contribution in [3.8, 4) is 0 Å². The fourth-order valence-electron chi connectivity index (χ4n) is 2.88. The van der Waals surface area contributed by atoms with Gasteiger partial charge in [-0.05, 0) is 36.5 Å². The number of amides is 1. The number of likely N-dealkylation sites (tertiary alicyclic amines) is 1. The maximum atomic E-state index is 12.7. The van der Waals surface area contributed by atoms with Crippen LogP contribution in [0.2, 0.25) is 0 Å². The van der Waals surface area contributed by atoms with Gasteiger partial charge in [0.05, 0.1) is 15.8 Å². The molecule has 128 valence electrons. The number of hydrogen-bond acceptors (Lipinski definition) is 6. The molecule has 3 rings (SSSR count). The number of aryl methyl sites for hydroxylation is 1. The van der Waals surface area contributed by atoms with Gasteiger partial charge in [-0.3, -0.25) is 4.79 Å². The quantitative estimate of drug-likeness (QED) is 0.811. The summed E-state index contributed by atoms with van der Waals surface area (Å²) < 4.78 is 29.3. The molecule has 1 aromatic heterocycles. The van der Waals surface area contributed by atoms with Crippen LogP contribution >= 0.6 is 11.5 Å². The lowest BCUT2D eigenvalue weighted by Crippen LogP contribution is -2.32. The van der Waals surface area contributed by atoms with E-state index in [-0.39, 0.29) is 12.5 Å². The van der Waals surface area contributed by atoms with E-state index in [2.05, 4.69) is 9.59 Å². The SMILES string of the molecule is CCCc1nnsc1C(=O)N1CCC(S(=O)(=O)c2ccccc2)C1. The number of aromatic nitrogens is 2. The Kier molecular flexibility index (Phi) is 4.96. The molecule has 0 bridgehead atoms. The number of carbonyl (C=O) groups is 1. The molecule has 8 heteroatoms. The first-order chi connectivity index (χ1) is 11.5. The van der Waals surface area contributed by atoms with Crippen LogP contribution in [0.4, 0.5) is 0 Å². The van der Waals surface area contributed by atoms with Gasteiger partial charge in [0, 0.05) is 13.1 Å². The maximum absolute atomic E-state index is 12.7. The van der Waals surface area contributed by atoms with E-state index in [1.165, 1.54) is 0 Å². The molecule has 0 N–H and O–H groups in total. The summed E-state index contributed by atoms with van der Waals surface area (Å²) in [6.45, 7) is 2.68. The predicted octanol–water partition coefficient (Wildman–Crippen LogP) is 2.18. The lowest BCUT2D eigenvalue weighted by atomic mass is 10.2. The molecule has 0 saturated carbocycles. The van der Waals surface area contributed by atoms with Gasteiger partial charge >= 0.3 is 0 Å². The van der Waals surface area contributed by atoms with Gasteiger partial charge in [-0.2, -0.15) is 0 Å². The molecule has 24 heavy (non-hydrogen) atoms. The summed E-state index contributed by atoms with van der Waals surface area (Å²) in [4.78, 5) is 15.1. The van der Waals surface area contributed by atoms with Crippen molar-refractivity contribution < 1.29 is 13.2 Å². The Morgan fingerprint density at radius 1 is 1.33 bits per heavy atom. The Bertz CT molecular complexity index is 818. The van der Waals surface area contributed by atoms with Crippen molar-refractivity contribution in [2.75, 3.05) is 13.1 Å². The van der Waals surface area contributed by atoms with E-state index in [1.807, 2.05) is 6.92 Å². The van der Waals surface area contributed by atoms with Gasteiger partial charge in [0.15, 0.2) is 9.84 Å². The van der Waals surface area contributed by atoms with Gasteiger partial charge in [-0.25, -0.2) is 8.42 Å². The number of nitrogens with zero attached hydrogens (tertiary/aromatic N) is 3. The lowest BCUT2D eigenvalue weighted by molar-refractivity contribution is 0.0796. The van der Waals surface area contributed by atoms with Crippen molar-refractivity contribution in [2.45, 2.75) is 36.3 Å². The zero-order valence-electron chi connectivity index (χ0n) is 13.4. The highest BCUT2D eigenvalue weighted by atomic mass is 32.2. The van der Waals surface area contributed by atoms with Crippen molar-refractivity contribution >= 4 is 27.3 Å². The summed E-state index contributed by atoms with van der Waals surface area (Å²) in [6, 6.07) is 8.42. The second kappa shape index (κ2) is 6.98. The summed E-state index contributed by atoms with van der Waals surface area (Å²) in [7, 11) is -3.42. The fraction of sp³-hybridized carbons (Fsp3) is 0.438. The first-order valence-corrected chi connectivity index (χ1v) is 10.3. The number of sulfone groups is 1. The standard InChI is InChI=1S/C16H19N3O3S2/c1-2-6-14-15(23-18-17-14)16(20)19-10-9-13(11-19)24(21,22)12-7-4-3-5-8-12/h3-5,7-8,13H,2,6,9-11H2,1H3. The monoisotopic (exact) mass is 365 g/mol. The Balaban J connectivity index is 1.76. The second-order valence-electron chi connectivity index (χ2n) is 5.82. The summed E-state index contributed by atoms with van der Waals surface area (Å²) in [6.07, 6.45) is 2.05. The third-order valence-electron chi connectivity index (χ3n) is 4.18. The normalized spacial score (nSPS) is 18.0. The van der Waals surface area contributed by atoms with Crippen molar-refractivity contribution in [1.82, 2.24) is 14.5 Å². The first kappa shape index (κ1) is 17.0. The molecule has 2 aromatic rings. The van der Waals surface area contributed by atoms with Gasteiger partial charge in [0.1, 0.15) is 4.88 Å². The molecule has 1 aromatic carbocycles. The van der Waals surface area contributed by atoms with Crippen LogP contribution in [-0.2, 0) is 16.3 Å². The smallest absolute Gasteiger partial charge is 0.267 e. The zero-order valence-corrected chi connectivity index (χ0v) is 15.0. The summed E-state index contributed by atoms with van der Waals surface area (Å²) in [5.41, 5.74) is 0.710. The van der Waals surface area contributed by atoms with Gasteiger partial charge in [0.25, 0.3) is 5.91 Å². The van der Waals surface area contributed by atoms with E-state index in [0.717, 1.165) is 18.0 Å². The molecule has 1 unspecified atom stereocenters. The van der Waals surface area contributed by atoms with Gasteiger partial charge in [-0.1, -0.05) is 36.0 Å². The number of carbonyl (C=O) groups excluding carboxylic acids is 1. The molecule has 1 atom stereocenters. The van der Waals surface area contributed by atoms with E-state index in [4.69, 9.17) is 0 Å². The van der Waals surface area contributed by atoms with Gasteiger partial charge in [0.2, 0.25) is 0 Å². The summed E-state index contributed by atoms with van der Waals surface area (Å²) >= 11 is 1.09. The third-order valence-corrected chi connectivity index (χ3v) is 7.13. The fourth-order valence-corrected chi connectivity index (χ4v) is 5.27. The molecular weight excluding hydrogens is 346 g/mol. The van der Waals surface area contributed by atoms with E-state index in [9.17, 15) is 13.2 Å². The third kappa shape index (κ3) is 3.21. The van der Waals surface area contributed by atoms with Crippen LogP contribution in [0.3, 0.4) is 0 Å². The maximum Gasteiger partial charge on any atom is 0.267 e. The predicted molar refractivity (Wildman–Crippen MR) is 91.8 cm³/mol. The zero-order chi connectivity index (χ0) is 17.2. The van der Waals surface area contributed by atoms with Crippen molar-refractivity contribution in [3.05, 3.63) is 40.9 Å². The minimum absolute atomic E-state index is 0.154. The summed E-state index contributed by atoms with van der Waals surface area (Å²) in [5.74, 6) is -0.154. The highest BCUT2D eigenvalue weighted by Crippen LogP contribution is 2.26. The largest absolute Gasteiger partial charge is 0.336 e. The molecule has 1 fully saturated rings. The van der Waals surface area contributed by atoms with E-state index < -0.39 is 15.1 Å². The van der Waals surface area contributed by atoms with Crippen LogP contribution in [0.5, 0.6) is 0 Å². The van der Waals surface area contributed by atoms with Crippen LogP contribution in [0.15, 0.2) is 35.2 Å². The molecule has 0 spiro atoms. The number of rotatable bonds is 5. The molecule has 1 amide bonds. The Morgan fingerprint density at radius 2 is 2.08 bits per heavy atom. The highest BCUT2D eigenvalue weighted by molar-refractivity contribution is 7.92. The average Bonchev–Trinajstić information content (AvgIpc) is 3.25. The molecule has 1 aliphatic heterocycles. The minimum atomic E-state index is -3.42. The lowest BCUT2D eigenvalue weighted by Gasteiger charge is -2.16. The van der Waals surface area contributed by atoms with Gasteiger partial charge < -0.3 is 4.90 Å². The Labute approximate surface area is 145 Å². The molecule has 1 aliphatic rings. The van der Waals surface area contributed by atoms with Crippen LogP contribution in [0, 0.1) is 0 Å². The van der Waals surface area contributed by atoms with E-state index >= 15 is 0 Å². The topological polar surface area (TPSA) is 80.2 Å². The first-order valence-electron chi connectivity index (χ1n) is 7.93. The Morgan fingerprint density at radius 3 is 2.79 bits per heavy atom. The number of hydrogen-bond donors (Lipinski definition) is 0. The van der Waals surface area contributed by atoms with E-state index in [1.54, 1.807) is 35.2 Å². The van der Waals surface area contributed by atoms with Crippen molar-refractivity contribution in [2.24, 2.45) is 0 Å². The highest BCUT2D eigenvalue weighted by Gasteiger charge is 2.37. The van der Waals surface area contributed by atoms with Gasteiger partial charge in [-0.15, -0.1) is 5.10 Å². The van der Waals surface area contributed by atoms with Crippen LogP contribution in [0.25, 0.3) is 0 Å². The molecule has 1 saturated heterocycles. The average molecular weight is 365 g/mol. The molecule has 0 aliphatic carbocycles. The molecule has 6 nitrogen and oxygen atoms in total. The number of benzene rings is 1. The summed E-state index contributed by atoms with van der Waals surface area (Å²) in [5, 5.41) is 3.46. The second-order valence-corrected chi connectivity index (χ2v) is 8.80. The van der Waals surface area contributed by atoms with Crippen LogP contribution < -0.4 is 0 Å². The minimum Gasteiger partial charge on any atom is -0.336 e. The van der Waals surface area contributed by atoms with Crippen molar-refractivity contribution in [1.29, 1.82) is 0 Å². The van der Waals surface area contributed by atoms with E-state index in [0.29, 0.717) is 34.9 Å². The molecule has 0 radical (unpaired) electrons. The Hall–Kier alpha value is -1.80. The van der Waals surface area contributed by atoms with Crippen LogP contribution in [0.1, 0.15) is 35.1 Å².